The van der Waals surface area contributed by atoms with E-state index in [0.29, 0.717) is 0 Å². The first-order valence-electron chi connectivity index (χ1n) is 7.39. The Bertz CT molecular complexity index is 247. The normalized spacial score (nSPS) is 20.9. The highest BCUT2D eigenvalue weighted by atomic mass is 16.5. The lowest BCUT2D eigenvalue weighted by molar-refractivity contribution is 0.138. The molecule has 0 N–H and O–H groups in total. The quantitative estimate of drug-likeness (QED) is 0.474. The molecule has 0 saturated carbocycles. The van der Waals surface area contributed by atoms with Gasteiger partial charge in [0.1, 0.15) is 0 Å². The lowest BCUT2D eigenvalue weighted by Crippen LogP contribution is -2.02. The highest BCUT2D eigenvalue weighted by molar-refractivity contribution is 5.05. The second kappa shape index (κ2) is 7.71. The molecule has 1 nitrogen and oxygen atoms in total. The van der Waals surface area contributed by atoms with Gasteiger partial charge in [-0.25, -0.2) is 0 Å². The van der Waals surface area contributed by atoms with E-state index in [4.69, 9.17) is 4.74 Å². The number of hydrogen-bond acceptors (Lipinski definition) is 1. The Morgan fingerprint density at radius 2 is 1.29 bits per heavy atom. The van der Waals surface area contributed by atoms with Crippen LogP contribution in [0.15, 0.2) is 23.3 Å². The number of hydrogen-bond donors (Lipinski definition) is 0. The molecular weight excluding hydrogens is 208 g/mol. The molecule has 0 aliphatic heterocycles. The summed E-state index contributed by atoms with van der Waals surface area (Å²) in [7, 11) is 0. The average molecular weight is 234 g/mol. The fraction of sp³-hybridized carbons (Fsp3) is 0.750. The molecule has 0 unspecified atom stereocenters. The molecule has 0 aromatic carbocycles. The Morgan fingerprint density at radius 3 is 1.71 bits per heavy atom. The Kier molecular flexibility index (Phi) is 5.84. The molecule has 2 aliphatic carbocycles. The van der Waals surface area contributed by atoms with Crippen LogP contribution in [0.4, 0.5) is 0 Å². The van der Waals surface area contributed by atoms with Crippen molar-refractivity contribution in [2.75, 3.05) is 13.2 Å². The zero-order valence-electron chi connectivity index (χ0n) is 11.0. The van der Waals surface area contributed by atoms with Gasteiger partial charge in [0.05, 0.1) is 13.2 Å². The summed E-state index contributed by atoms with van der Waals surface area (Å²) >= 11 is 0. The number of ether oxygens (including phenoxy) is 1. The van der Waals surface area contributed by atoms with Crippen LogP contribution in [-0.2, 0) is 4.74 Å². The molecule has 2 rings (SSSR count). The molecule has 2 aliphatic rings. The van der Waals surface area contributed by atoms with Crippen LogP contribution in [0, 0.1) is 0 Å². The molecule has 96 valence electrons. The van der Waals surface area contributed by atoms with Gasteiger partial charge in [0.2, 0.25) is 0 Å². The molecule has 0 aromatic rings. The molecule has 0 radical (unpaired) electrons. The number of rotatable bonds is 6. The first kappa shape index (κ1) is 12.9. The molecule has 0 bridgehead atoms. The highest BCUT2D eigenvalue weighted by Gasteiger charge is 2.05. The summed E-state index contributed by atoms with van der Waals surface area (Å²) in [6.45, 7) is 1.86. The maximum Gasteiger partial charge on any atom is 0.0503 e. The smallest absolute Gasteiger partial charge is 0.0503 e. The van der Waals surface area contributed by atoms with Crippen molar-refractivity contribution in [1.29, 1.82) is 0 Å². The van der Waals surface area contributed by atoms with E-state index in [-0.39, 0.29) is 0 Å². The Morgan fingerprint density at radius 1 is 0.765 bits per heavy atom. The van der Waals surface area contributed by atoms with Crippen molar-refractivity contribution >= 4 is 0 Å². The average Bonchev–Trinajstić information content (AvgIpc) is 2.41. The molecule has 0 saturated heterocycles. The van der Waals surface area contributed by atoms with Crippen molar-refractivity contribution in [3.05, 3.63) is 23.3 Å². The maximum atomic E-state index is 5.76. The fourth-order valence-corrected chi connectivity index (χ4v) is 2.77. The van der Waals surface area contributed by atoms with Gasteiger partial charge in [0.15, 0.2) is 0 Å². The van der Waals surface area contributed by atoms with Crippen LogP contribution in [0.5, 0.6) is 0 Å². The van der Waals surface area contributed by atoms with Gasteiger partial charge >= 0.3 is 0 Å². The predicted octanol–water partition coefficient (Wildman–Crippen LogP) is 4.78. The summed E-state index contributed by atoms with van der Waals surface area (Å²) < 4.78 is 5.76. The Labute approximate surface area is 106 Å². The Balaban J connectivity index is 1.51. The van der Waals surface area contributed by atoms with Crippen molar-refractivity contribution < 1.29 is 4.74 Å². The minimum Gasteiger partial charge on any atom is -0.381 e. The SMILES string of the molecule is C1=C(CCOCCC2=CCCCC2)CCCC1. The second-order valence-corrected chi connectivity index (χ2v) is 5.33. The molecule has 17 heavy (non-hydrogen) atoms. The van der Waals surface area contributed by atoms with Crippen LogP contribution in [0.3, 0.4) is 0 Å². The zero-order valence-corrected chi connectivity index (χ0v) is 11.0. The van der Waals surface area contributed by atoms with Crippen LogP contribution in [0.1, 0.15) is 64.2 Å². The maximum absolute atomic E-state index is 5.76. The van der Waals surface area contributed by atoms with E-state index in [1.165, 1.54) is 64.2 Å². The minimum absolute atomic E-state index is 0.930. The van der Waals surface area contributed by atoms with Crippen LogP contribution in [-0.4, -0.2) is 13.2 Å². The molecular formula is C16H26O. The fourth-order valence-electron chi connectivity index (χ4n) is 2.77. The van der Waals surface area contributed by atoms with Crippen molar-refractivity contribution in [2.45, 2.75) is 64.2 Å². The molecule has 0 atom stereocenters. The third kappa shape index (κ3) is 5.08. The van der Waals surface area contributed by atoms with Gasteiger partial charge in [-0.1, -0.05) is 23.3 Å². The van der Waals surface area contributed by atoms with Crippen molar-refractivity contribution in [3.63, 3.8) is 0 Å². The standard InChI is InChI=1S/C16H26O/c1-3-7-15(8-4-1)11-13-17-14-12-16-9-5-2-6-10-16/h7,9H,1-6,8,10-14H2. The summed E-state index contributed by atoms with van der Waals surface area (Å²) in [6.07, 6.45) is 18.0. The monoisotopic (exact) mass is 234 g/mol. The summed E-state index contributed by atoms with van der Waals surface area (Å²) in [6, 6.07) is 0. The van der Waals surface area contributed by atoms with Crippen LogP contribution < -0.4 is 0 Å². The highest BCUT2D eigenvalue weighted by Crippen LogP contribution is 2.21. The lowest BCUT2D eigenvalue weighted by atomic mass is 9.97. The van der Waals surface area contributed by atoms with Gasteiger partial charge in [-0.3, -0.25) is 0 Å². The van der Waals surface area contributed by atoms with Crippen molar-refractivity contribution in [2.24, 2.45) is 0 Å². The third-order valence-electron chi connectivity index (χ3n) is 3.91. The first-order valence-corrected chi connectivity index (χ1v) is 7.39. The van der Waals surface area contributed by atoms with E-state index in [0.717, 1.165) is 13.2 Å². The lowest BCUT2D eigenvalue weighted by Gasteiger charge is -2.14. The van der Waals surface area contributed by atoms with Crippen molar-refractivity contribution in [1.82, 2.24) is 0 Å². The van der Waals surface area contributed by atoms with Crippen LogP contribution in [0.2, 0.25) is 0 Å². The molecule has 0 amide bonds. The summed E-state index contributed by atoms with van der Waals surface area (Å²) in [5.74, 6) is 0. The topological polar surface area (TPSA) is 9.23 Å². The summed E-state index contributed by atoms with van der Waals surface area (Å²) in [5, 5.41) is 0. The van der Waals surface area contributed by atoms with Crippen LogP contribution >= 0.6 is 0 Å². The van der Waals surface area contributed by atoms with Gasteiger partial charge in [-0.05, 0) is 64.2 Å². The van der Waals surface area contributed by atoms with Gasteiger partial charge in [0.25, 0.3) is 0 Å². The van der Waals surface area contributed by atoms with Crippen LogP contribution in [0.25, 0.3) is 0 Å². The first-order chi connectivity index (χ1) is 8.45. The predicted molar refractivity (Wildman–Crippen MR) is 73.2 cm³/mol. The van der Waals surface area contributed by atoms with Gasteiger partial charge < -0.3 is 4.74 Å². The summed E-state index contributed by atoms with van der Waals surface area (Å²) in [4.78, 5) is 0. The van der Waals surface area contributed by atoms with E-state index in [9.17, 15) is 0 Å². The zero-order chi connectivity index (χ0) is 11.8. The molecule has 1 heteroatoms. The molecule has 0 heterocycles. The van der Waals surface area contributed by atoms with E-state index >= 15 is 0 Å². The number of allylic oxidation sites excluding steroid dienone is 2. The Hall–Kier alpha value is -0.560. The van der Waals surface area contributed by atoms with Crippen molar-refractivity contribution in [3.8, 4) is 0 Å². The van der Waals surface area contributed by atoms with Gasteiger partial charge in [-0.15, -0.1) is 0 Å². The van der Waals surface area contributed by atoms with E-state index in [1.807, 2.05) is 0 Å². The molecule has 0 aromatic heterocycles. The summed E-state index contributed by atoms with van der Waals surface area (Å²) in [5.41, 5.74) is 3.27. The van der Waals surface area contributed by atoms with E-state index in [1.54, 1.807) is 11.1 Å². The van der Waals surface area contributed by atoms with E-state index in [2.05, 4.69) is 12.2 Å². The van der Waals surface area contributed by atoms with E-state index < -0.39 is 0 Å². The second-order valence-electron chi connectivity index (χ2n) is 5.33. The third-order valence-corrected chi connectivity index (χ3v) is 3.91. The largest absolute Gasteiger partial charge is 0.381 e. The molecule has 0 fully saturated rings. The van der Waals surface area contributed by atoms with Gasteiger partial charge in [0, 0.05) is 0 Å². The van der Waals surface area contributed by atoms with Gasteiger partial charge in [-0.2, -0.15) is 0 Å². The minimum atomic E-state index is 0.930. The molecule has 0 spiro atoms.